The number of hydrogen-bond acceptors (Lipinski definition) is 2. The van der Waals surface area contributed by atoms with Crippen molar-refractivity contribution in [2.75, 3.05) is 6.54 Å². The Bertz CT molecular complexity index is 269. The number of rotatable bonds is 4. The molecule has 0 aliphatic carbocycles. The van der Waals surface area contributed by atoms with Gasteiger partial charge in [0.05, 0.1) is 0 Å². The Hall–Kier alpha value is -1.06. The maximum atomic E-state index is 12.2. The van der Waals surface area contributed by atoms with Crippen LogP contribution in [0.4, 0.5) is 0 Å². The second-order valence-electron chi connectivity index (χ2n) is 5.56. The lowest BCUT2D eigenvalue weighted by Gasteiger charge is -2.29. The highest BCUT2D eigenvalue weighted by molar-refractivity contribution is 5.80. The van der Waals surface area contributed by atoms with Crippen molar-refractivity contribution in [1.29, 1.82) is 0 Å². The van der Waals surface area contributed by atoms with E-state index in [-0.39, 0.29) is 23.8 Å². The first-order valence-electron chi connectivity index (χ1n) is 6.49. The quantitative estimate of drug-likeness (QED) is 0.778. The Balaban J connectivity index is 2.49. The van der Waals surface area contributed by atoms with Gasteiger partial charge in [-0.15, -0.1) is 0 Å². The molecule has 1 rings (SSSR count). The van der Waals surface area contributed by atoms with Crippen molar-refractivity contribution in [2.45, 2.75) is 46.6 Å². The molecule has 0 aromatic rings. The number of piperidine rings is 1. The maximum absolute atomic E-state index is 12.2. The molecule has 1 aliphatic rings. The molecule has 17 heavy (non-hydrogen) atoms. The van der Waals surface area contributed by atoms with Gasteiger partial charge in [0, 0.05) is 24.9 Å². The van der Waals surface area contributed by atoms with E-state index < -0.39 is 0 Å². The fourth-order valence-corrected chi connectivity index (χ4v) is 2.53. The molecule has 1 unspecified atom stereocenters. The van der Waals surface area contributed by atoms with Crippen molar-refractivity contribution in [3.63, 3.8) is 0 Å². The summed E-state index contributed by atoms with van der Waals surface area (Å²) in [6, 6.07) is 0.0974. The van der Waals surface area contributed by atoms with Gasteiger partial charge in [-0.05, 0) is 18.3 Å². The Morgan fingerprint density at radius 3 is 2.29 bits per heavy atom. The summed E-state index contributed by atoms with van der Waals surface area (Å²) in [4.78, 5) is 23.2. The molecule has 4 heteroatoms. The minimum Gasteiger partial charge on any atom is -0.354 e. The predicted octanol–water partition coefficient (Wildman–Crippen LogP) is 1.31. The van der Waals surface area contributed by atoms with Crippen molar-refractivity contribution in [3.8, 4) is 0 Å². The Morgan fingerprint density at radius 2 is 1.88 bits per heavy atom. The standard InChI is InChI=1S/C13H24N2O2/c1-8(2)12(9(3)4)13(17)15-10-5-6-11(16)14-7-10/h8-10,12H,5-7H2,1-4H3,(H,14,16)(H,15,17). The zero-order valence-corrected chi connectivity index (χ0v) is 11.2. The number of hydrogen-bond donors (Lipinski definition) is 2. The van der Waals surface area contributed by atoms with Gasteiger partial charge in [-0.25, -0.2) is 0 Å². The van der Waals surface area contributed by atoms with Gasteiger partial charge in [0.15, 0.2) is 0 Å². The molecule has 4 nitrogen and oxygen atoms in total. The number of nitrogens with one attached hydrogen (secondary N) is 2. The minimum atomic E-state index is 0.0487. The van der Waals surface area contributed by atoms with E-state index in [1.165, 1.54) is 0 Å². The number of amides is 2. The van der Waals surface area contributed by atoms with Crippen molar-refractivity contribution >= 4 is 11.8 Å². The summed E-state index contributed by atoms with van der Waals surface area (Å²) in [5.74, 6) is 0.935. The van der Waals surface area contributed by atoms with E-state index in [1.54, 1.807) is 0 Å². The second kappa shape index (κ2) is 6.03. The van der Waals surface area contributed by atoms with E-state index >= 15 is 0 Å². The van der Waals surface area contributed by atoms with Crippen LogP contribution in [0.5, 0.6) is 0 Å². The molecule has 1 atom stereocenters. The summed E-state index contributed by atoms with van der Waals surface area (Å²) in [5.41, 5.74) is 0. The van der Waals surface area contributed by atoms with Crippen molar-refractivity contribution in [3.05, 3.63) is 0 Å². The molecule has 2 N–H and O–H groups in total. The molecule has 0 spiro atoms. The van der Waals surface area contributed by atoms with E-state index in [9.17, 15) is 9.59 Å². The molecule has 98 valence electrons. The van der Waals surface area contributed by atoms with Crippen molar-refractivity contribution in [1.82, 2.24) is 10.6 Å². The molecule has 0 saturated carbocycles. The number of carbonyl (C=O) groups is 2. The van der Waals surface area contributed by atoms with Crippen molar-refractivity contribution in [2.24, 2.45) is 17.8 Å². The summed E-state index contributed by atoms with van der Waals surface area (Å²) >= 11 is 0. The molecule has 1 saturated heterocycles. The van der Waals surface area contributed by atoms with Crippen LogP contribution >= 0.6 is 0 Å². The van der Waals surface area contributed by atoms with Gasteiger partial charge in [0.1, 0.15) is 0 Å². The van der Waals surface area contributed by atoms with Gasteiger partial charge in [-0.3, -0.25) is 9.59 Å². The lowest BCUT2D eigenvalue weighted by molar-refractivity contribution is -0.130. The lowest BCUT2D eigenvalue weighted by atomic mass is 9.84. The van der Waals surface area contributed by atoms with Gasteiger partial charge in [0.25, 0.3) is 0 Å². The average Bonchev–Trinajstić information content (AvgIpc) is 2.20. The van der Waals surface area contributed by atoms with Crippen LogP contribution in [-0.2, 0) is 9.59 Å². The van der Waals surface area contributed by atoms with Crippen LogP contribution in [-0.4, -0.2) is 24.4 Å². The molecule has 1 fully saturated rings. The van der Waals surface area contributed by atoms with Crippen molar-refractivity contribution < 1.29 is 9.59 Å². The average molecular weight is 240 g/mol. The topological polar surface area (TPSA) is 58.2 Å². The van der Waals surface area contributed by atoms with Gasteiger partial charge in [-0.1, -0.05) is 27.7 Å². The third kappa shape index (κ3) is 4.02. The maximum Gasteiger partial charge on any atom is 0.223 e. The summed E-state index contributed by atoms with van der Waals surface area (Å²) in [6.07, 6.45) is 1.26. The first kappa shape index (κ1) is 14.0. The zero-order chi connectivity index (χ0) is 13.0. The monoisotopic (exact) mass is 240 g/mol. The van der Waals surface area contributed by atoms with Crippen LogP contribution in [0.15, 0.2) is 0 Å². The first-order valence-corrected chi connectivity index (χ1v) is 6.49. The highest BCUT2D eigenvalue weighted by Crippen LogP contribution is 2.21. The SMILES string of the molecule is CC(C)C(C(=O)NC1CCC(=O)NC1)C(C)C. The normalized spacial score (nSPS) is 20.9. The summed E-state index contributed by atoms with van der Waals surface area (Å²) in [7, 11) is 0. The molecular weight excluding hydrogens is 216 g/mol. The Morgan fingerprint density at radius 1 is 1.29 bits per heavy atom. The molecule has 0 radical (unpaired) electrons. The first-order chi connectivity index (χ1) is 7.91. The van der Waals surface area contributed by atoms with Crippen LogP contribution in [0.2, 0.25) is 0 Å². The van der Waals surface area contributed by atoms with Crippen LogP contribution in [0.25, 0.3) is 0 Å². The molecule has 0 aromatic carbocycles. The molecule has 1 aliphatic heterocycles. The molecule has 0 aromatic heterocycles. The molecule has 0 bridgehead atoms. The Kier molecular flexibility index (Phi) is 4.97. The minimum absolute atomic E-state index is 0.0487. The molecule has 1 heterocycles. The van der Waals surface area contributed by atoms with Gasteiger partial charge in [0.2, 0.25) is 11.8 Å². The van der Waals surface area contributed by atoms with Crippen LogP contribution in [0.3, 0.4) is 0 Å². The molecule has 2 amide bonds. The fraction of sp³-hybridized carbons (Fsp3) is 0.846. The van der Waals surface area contributed by atoms with Crippen LogP contribution in [0, 0.1) is 17.8 Å². The van der Waals surface area contributed by atoms with Crippen LogP contribution < -0.4 is 10.6 Å². The Labute approximate surface area is 104 Å². The van der Waals surface area contributed by atoms with E-state index in [2.05, 4.69) is 38.3 Å². The third-order valence-corrected chi connectivity index (χ3v) is 3.35. The third-order valence-electron chi connectivity index (χ3n) is 3.35. The summed E-state index contributed by atoms with van der Waals surface area (Å²) in [6.45, 7) is 8.87. The van der Waals surface area contributed by atoms with E-state index in [0.29, 0.717) is 24.8 Å². The summed E-state index contributed by atoms with van der Waals surface area (Å²) in [5, 5.41) is 5.83. The fourth-order valence-electron chi connectivity index (χ4n) is 2.53. The lowest BCUT2D eigenvalue weighted by Crippen LogP contribution is -2.50. The van der Waals surface area contributed by atoms with Crippen LogP contribution in [0.1, 0.15) is 40.5 Å². The predicted molar refractivity (Wildman–Crippen MR) is 67.3 cm³/mol. The zero-order valence-electron chi connectivity index (χ0n) is 11.2. The van der Waals surface area contributed by atoms with Gasteiger partial charge in [-0.2, -0.15) is 0 Å². The van der Waals surface area contributed by atoms with E-state index in [1.807, 2.05) is 0 Å². The largest absolute Gasteiger partial charge is 0.354 e. The van der Waals surface area contributed by atoms with Gasteiger partial charge >= 0.3 is 0 Å². The second-order valence-corrected chi connectivity index (χ2v) is 5.56. The highest BCUT2D eigenvalue weighted by Gasteiger charge is 2.28. The smallest absolute Gasteiger partial charge is 0.223 e. The summed E-state index contributed by atoms with van der Waals surface area (Å²) < 4.78 is 0. The van der Waals surface area contributed by atoms with E-state index in [4.69, 9.17) is 0 Å². The number of carbonyl (C=O) groups excluding carboxylic acids is 2. The molecular formula is C13H24N2O2. The van der Waals surface area contributed by atoms with Gasteiger partial charge < -0.3 is 10.6 Å². The highest BCUT2D eigenvalue weighted by atomic mass is 16.2. The van der Waals surface area contributed by atoms with E-state index in [0.717, 1.165) is 6.42 Å².